The first-order chi connectivity index (χ1) is 13.6. The Hall–Kier alpha value is -3.54. The van der Waals surface area contributed by atoms with Gasteiger partial charge in [0.05, 0.1) is 7.11 Å². The molecule has 6 nitrogen and oxygen atoms in total. The number of hydrogen-bond acceptors (Lipinski definition) is 5. The van der Waals surface area contributed by atoms with Gasteiger partial charge in [-0.05, 0) is 30.2 Å². The highest BCUT2D eigenvalue weighted by atomic mass is 16.5. The number of ether oxygens (including phenoxy) is 2. The number of H-pyrrole nitrogens is 1. The Bertz CT molecular complexity index is 1200. The predicted octanol–water partition coefficient (Wildman–Crippen LogP) is 3.96. The molecule has 2 aromatic carbocycles. The Balaban J connectivity index is 1.44. The van der Waals surface area contributed by atoms with Gasteiger partial charge in [-0.1, -0.05) is 18.2 Å². The van der Waals surface area contributed by atoms with E-state index < -0.39 is 5.63 Å². The molecule has 0 saturated carbocycles. The third-order valence-electron chi connectivity index (χ3n) is 4.70. The van der Waals surface area contributed by atoms with Crippen LogP contribution in [0.2, 0.25) is 0 Å². The number of benzene rings is 2. The van der Waals surface area contributed by atoms with Crippen molar-refractivity contribution in [1.29, 1.82) is 0 Å². The number of para-hydroxylation sites is 1. The molecular formula is C22H19NO5. The number of esters is 1. The fourth-order valence-corrected chi connectivity index (χ4v) is 3.26. The van der Waals surface area contributed by atoms with E-state index in [1.54, 1.807) is 25.3 Å². The molecule has 0 aliphatic heterocycles. The number of carbonyl (C=O) groups excluding carboxylic acids is 1. The molecule has 0 amide bonds. The van der Waals surface area contributed by atoms with E-state index in [2.05, 4.69) is 4.98 Å². The first kappa shape index (κ1) is 17.9. The average Bonchev–Trinajstić information content (AvgIpc) is 3.13. The van der Waals surface area contributed by atoms with Crippen LogP contribution in [0.1, 0.15) is 17.5 Å². The van der Waals surface area contributed by atoms with Crippen LogP contribution in [0.15, 0.2) is 63.9 Å². The zero-order valence-electron chi connectivity index (χ0n) is 15.4. The standard InChI is InChI=1S/C22H19NO5/c1-26-16-7-8-18-15(10-22(25)28-20(18)11-16)13-27-21(24)9-6-14-12-23-19-5-3-2-4-17(14)19/h2-5,7-8,10-12,23H,6,9,13H2,1H3. The van der Waals surface area contributed by atoms with Crippen LogP contribution < -0.4 is 10.4 Å². The summed E-state index contributed by atoms with van der Waals surface area (Å²) < 4.78 is 15.8. The average molecular weight is 377 g/mol. The normalized spacial score (nSPS) is 11.0. The Morgan fingerprint density at radius 3 is 2.79 bits per heavy atom. The number of carbonyl (C=O) groups is 1. The van der Waals surface area contributed by atoms with Crippen LogP contribution in [0.3, 0.4) is 0 Å². The molecule has 142 valence electrons. The molecule has 0 spiro atoms. The van der Waals surface area contributed by atoms with Gasteiger partial charge in [-0.25, -0.2) is 4.79 Å². The smallest absolute Gasteiger partial charge is 0.336 e. The third-order valence-corrected chi connectivity index (χ3v) is 4.70. The van der Waals surface area contributed by atoms with Crippen molar-refractivity contribution in [2.45, 2.75) is 19.4 Å². The number of aromatic amines is 1. The van der Waals surface area contributed by atoms with Gasteiger partial charge in [0.15, 0.2) is 0 Å². The first-order valence-electron chi connectivity index (χ1n) is 8.95. The summed E-state index contributed by atoms with van der Waals surface area (Å²) in [4.78, 5) is 27.2. The lowest BCUT2D eigenvalue weighted by Crippen LogP contribution is -2.08. The van der Waals surface area contributed by atoms with Crippen molar-refractivity contribution in [3.8, 4) is 5.75 Å². The zero-order valence-corrected chi connectivity index (χ0v) is 15.4. The van der Waals surface area contributed by atoms with Gasteiger partial charge < -0.3 is 18.9 Å². The molecule has 0 fully saturated rings. The Morgan fingerprint density at radius 2 is 1.93 bits per heavy atom. The molecule has 0 saturated heterocycles. The summed E-state index contributed by atoms with van der Waals surface area (Å²) in [7, 11) is 1.54. The van der Waals surface area contributed by atoms with Gasteiger partial charge in [-0.3, -0.25) is 4.79 Å². The second-order valence-electron chi connectivity index (χ2n) is 6.47. The number of nitrogens with one attached hydrogen (secondary N) is 1. The van der Waals surface area contributed by atoms with Crippen LogP contribution >= 0.6 is 0 Å². The molecule has 4 rings (SSSR count). The van der Waals surface area contributed by atoms with E-state index in [9.17, 15) is 9.59 Å². The summed E-state index contributed by atoms with van der Waals surface area (Å²) in [5.41, 5.74) is 2.63. The van der Waals surface area contributed by atoms with Crippen molar-refractivity contribution in [3.63, 3.8) is 0 Å². The molecule has 6 heteroatoms. The fourth-order valence-electron chi connectivity index (χ4n) is 3.26. The quantitative estimate of drug-likeness (QED) is 0.406. The maximum absolute atomic E-state index is 12.2. The molecular weight excluding hydrogens is 358 g/mol. The molecule has 28 heavy (non-hydrogen) atoms. The number of methoxy groups -OCH3 is 1. The van der Waals surface area contributed by atoms with E-state index in [4.69, 9.17) is 13.9 Å². The highest BCUT2D eigenvalue weighted by molar-refractivity contribution is 5.84. The molecule has 0 aliphatic carbocycles. The molecule has 0 unspecified atom stereocenters. The van der Waals surface area contributed by atoms with Gasteiger partial charge >= 0.3 is 11.6 Å². The summed E-state index contributed by atoms with van der Waals surface area (Å²) in [5, 5.41) is 1.82. The van der Waals surface area contributed by atoms with Crippen molar-refractivity contribution in [2.75, 3.05) is 7.11 Å². The minimum Gasteiger partial charge on any atom is -0.497 e. The summed E-state index contributed by atoms with van der Waals surface area (Å²) in [6, 6.07) is 14.5. The van der Waals surface area contributed by atoms with Crippen LogP contribution in [0.4, 0.5) is 0 Å². The van der Waals surface area contributed by atoms with Gasteiger partial charge in [-0.15, -0.1) is 0 Å². The number of hydrogen-bond donors (Lipinski definition) is 1. The second-order valence-corrected chi connectivity index (χ2v) is 6.47. The summed E-state index contributed by atoms with van der Waals surface area (Å²) in [6.45, 7) is 0.0150. The van der Waals surface area contributed by atoms with E-state index in [0.29, 0.717) is 28.7 Å². The molecule has 2 aromatic heterocycles. The topological polar surface area (TPSA) is 81.5 Å². The van der Waals surface area contributed by atoms with Crippen molar-refractivity contribution >= 4 is 27.8 Å². The minimum atomic E-state index is -0.495. The number of aryl methyl sites for hydroxylation is 1. The Morgan fingerprint density at radius 1 is 1.07 bits per heavy atom. The van der Waals surface area contributed by atoms with Gasteiger partial charge in [-0.2, -0.15) is 0 Å². The van der Waals surface area contributed by atoms with Crippen LogP contribution in [-0.2, 0) is 22.6 Å². The maximum Gasteiger partial charge on any atom is 0.336 e. The Labute approximate surface area is 160 Å². The summed E-state index contributed by atoms with van der Waals surface area (Å²) in [5.74, 6) is 0.267. The molecule has 0 radical (unpaired) electrons. The van der Waals surface area contributed by atoms with Crippen molar-refractivity contribution < 1.29 is 18.7 Å². The Kier molecular flexibility index (Phi) is 4.85. The van der Waals surface area contributed by atoms with Crippen molar-refractivity contribution in [3.05, 3.63) is 76.3 Å². The minimum absolute atomic E-state index is 0.0150. The summed E-state index contributed by atoms with van der Waals surface area (Å²) >= 11 is 0. The molecule has 0 aliphatic rings. The maximum atomic E-state index is 12.2. The van der Waals surface area contributed by atoms with E-state index in [1.165, 1.54) is 6.07 Å². The number of fused-ring (bicyclic) bond motifs is 2. The molecule has 0 atom stereocenters. The largest absolute Gasteiger partial charge is 0.497 e. The van der Waals surface area contributed by atoms with Gasteiger partial charge in [0, 0.05) is 46.6 Å². The highest BCUT2D eigenvalue weighted by Gasteiger charge is 2.11. The fraction of sp³-hybridized carbons (Fsp3) is 0.182. The van der Waals surface area contributed by atoms with Gasteiger partial charge in [0.2, 0.25) is 0 Å². The first-order valence-corrected chi connectivity index (χ1v) is 8.95. The third kappa shape index (κ3) is 3.62. The molecule has 2 heterocycles. The lowest BCUT2D eigenvalue weighted by molar-refractivity contribution is -0.144. The van der Waals surface area contributed by atoms with Crippen molar-refractivity contribution in [2.24, 2.45) is 0 Å². The van der Waals surface area contributed by atoms with Crippen LogP contribution in [0.25, 0.3) is 21.9 Å². The monoisotopic (exact) mass is 377 g/mol. The zero-order chi connectivity index (χ0) is 19.5. The van der Waals surface area contributed by atoms with E-state index in [-0.39, 0.29) is 19.0 Å². The van der Waals surface area contributed by atoms with E-state index in [1.807, 2.05) is 30.5 Å². The lowest BCUT2D eigenvalue weighted by atomic mass is 10.1. The molecule has 4 aromatic rings. The molecule has 1 N–H and O–H groups in total. The van der Waals surface area contributed by atoms with Crippen LogP contribution in [0.5, 0.6) is 5.75 Å². The van der Waals surface area contributed by atoms with Crippen molar-refractivity contribution in [1.82, 2.24) is 4.98 Å². The predicted molar refractivity (Wildman–Crippen MR) is 105 cm³/mol. The van der Waals surface area contributed by atoms with Gasteiger partial charge in [0.1, 0.15) is 17.9 Å². The highest BCUT2D eigenvalue weighted by Crippen LogP contribution is 2.23. The number of aromatic nitrogens is 1. The van der Waals surface area contributed by atoms with E-state index >= 15 is 0 Å². The van der Waals surface area contributed by atoms with Crippen LogP contribution in [-0.4, -0.2) is 18.1 Å². The van der Waals surface area contributed by atoms with Crippen LogP contribution in [0, 0.1) is 0 Å². The summed E-state index contributed by atoms with van der Waals surface area (Å²) in [6.07, 6.45) is 2.76. The molecule has 0 bridgehead atoms. The lowest BCUT2D eigenvalue weighted by Gasteiger charge is -2.08. The second kappa shape index (κ2) is 7.60. The van der Waals surface area contributed by atoms with E-state index in [0.717, 1.165) is 16.5 Å². The van der Waals surface area contributed by atoms with Gasteiger partial charge in [0.25, 0.3) is 0 Å². The number of rotatable bonds is 6. The SMILES string of the molecule is COc1ccc2c(COC(=O)CCc3c[nH]c4ccccc34)cc(=O)oc2c1.